The molecule has 6 nitrogen and oxygen atoms in total. The highest BCUT2D eigenvalue weighted by Gasteiger charge is 2.12. The number of ketones is 1. The van der Waals surface area contributed by atoms with Gasteiger partial charge in [0.05, 0.1) is 12.1 Å². The number of amides is 1. The summed E-state index contributed by atoms with van der Waals surface area (Å²) in [5.41, 5.74) is 5.64. The van der Waals surface area contributed by atoms with Crippen molar-refractivity contribution < 1.29 is 9.59 Å². The molecule has 0 spiro atoms. The van der Waals surface area contributed by atoms with E-state index in [1.807, 2.05) is 22.9 Å². The van der Waals surface area contributed by atoms with Crippen LogP contribution in [-0.2, 0) is 6.54 Å². The van der Waals surface area contributed by atoms with Crippen LogP contribution in [0.2, 0.25) is 0 Å². The summed E-state index contributed by atoms with van der Waals surface area (Å²) in [7, 11) is 0. The molecule has 1 N–H and O–H groups in total. The maximum absolute atomic E-state index is 12.6. The topological polar surface area (TPSA) is 76.9 Å². The van der Waals surface area contributed by atoms with Crippen molar-refractivity contribution in [3.05, 3.63) is 89.0 Å². The van der Waals surface area contributed by atoms with Crippen LogP contribution < -0.4 is 5.32 Å². The quantitative estimate of drug-likeness (QED) is 0.522. The molecule has 29 heavy (non-hydrogen) atoms. The van der Waals surface area contributed by atoms with Gasteiger partial charge in [0, 0.05) is 16.8 Å². The van der Waals surface area contributed by atoms with Gasteiger partial charge in [0.25, 0.3) is 5.91 Å². The van der Waals surface area contributed by atoms with Crippen molar-refractivity contribution >= 4 is 28.4 Å². The Kier molecular flexibility index (Phi) is 4.91. The fourth-order valence-corrected chi connectivity index (χ4v) is 3.17. The summed E-state index contributed by atoms with van der Waals surface area (Å²) >= 11 is 0. The van der Waals surface area contributed by atoms with E-state index < -0.39 is 0 Å². The van der Waals surface area contributed by atoms with Crippen LogP contribution in [0.1, 0.15) is 38.8 Å². The van der Waals surface area contributed by atoms with E-state index in [-0.39, 0.29) is 11.7 Å². The molecule has 0 bridgehead atoms. The third-order valence-corrected chi connectivity index (χ3v) is 4.91. The fourth-order valence-electron chi connectivity index (χ4n) is 3.17. The summed E-state index contributed by atoms with van der Waals surface area (Å²) in [5, 5.41) is 11.3. The molecule has 0 fully saturated rings. The normalized spacial score (nSPS) is 10.8. The largest absolute Gasteiger partial charge is 0.322 e. The van der Waals surface area contributed by atoms with Gasteiger partial charge >= 0.3 is 0 Å². The second-order valence-corrected chi connectivity index (χ2v) is 6.96. The van der Waals surface area contributed by atoms with Gasteiger partial charge in [-0.05, 0) is 67.4 Å². The minimum absolute atomic E-state index is 0.0119. The van der Waals surface area contributed by atoms with E-state index in [2.05, 4.69) is 34.7 Å². The Morgan fingerprint density at radius 3 is 2.41 bits per heavy atom. The molecule has 0 saturated carbocycles. The van der Waals surface area contributed by atoms with Gasteiger partial charge in [-0.25, -0.2) is 4.68 Å². The number of nitrogens with zero attached hydrogens (tertiary/aromatic N) is 3. The lowest BCUT2D eigenvalue weighted by molar-refractivity contribution is 0.101. The predicted molar refractivity (Wildman–Crippen MR) is 112 cm³/mol. The predicted octanol–water partition coefficient (Wildman–Crippen LogP) is 4.24. The third kappa shape index (κ3) is 3.91. The lowest BCUT2D eigenvalue weighted by Crippen LogP contribution is -2.12. The van der Waals surface area contributed by atoms with Gasteiger partial charge in [-0.3, -0.25) is 9.59 Å². The highest BCUT2D eigenvalue weighted by atomic mass is 16.1. The summed E-state index contributed by atoms with van der Waals surface area (Å²) in [6.07, 6.45) is 0. The number of nitrogens with one attached hydrogen (secondary N) is 1. The van der Waals surface area contributed by atoms with Crippen LogP contribution in [-0.4, -0.2) is 26.7 Å². The minimum atomic E-state index is -0.240. The van der Waals surface area contributed by atoms with Crippen molar-refractivity contribution in [2.75, 3.05) is 5.32 Å². The number of anilines is 1. The standard InChI is InChI=1S/C23H20N4O2/c1-15-5-3-4-6-19(15)14-27-22-12-9-18(13-21(22)25-26-27)23(29)24-20-10-7-17(8-11-20)16(2)28/h3-13H,14H2,1-2H3,(H,24,29). The highest BCUT2D eigenvalue weighted by Crippen LogP contribution is 2.18. The van der Waals surface area contributed by atoms with Gasteiger partial charge in [-0.15, -0.1) is 5.10 Å². The molecule has 1 aromatic heterocycles. The first-order chi connectivity index (χ1) is 14.0. The molecular formula is C23H20N4O2. The number of carbonyl (C=O) groups excluding carboxylic acids is 2. The number of benzene rings is 3. The van der Waals surface area contributed by atoms with Gasteiger partial charge < -0.3 is 5.32 Å². The average molecular weight is 384 g/mol. The molecule has 4 rings (SSSR count). The minimum Gasteiger partial charge on any atom is -0.322 e. The van der Waals surface area contributed by atoms with Gasteiger partial charge in [0.2, 0.25) is 0 Å². The summed E-state index contributed by atoms with van der Waals surface area (Å²) in [6, 6.07) is 20.3. The maximum Gasteiger partial charge on any atom is 0.255 e. The third-order valence-electron chi connectivity index (χ3n) is 4.91. The molecule has 3 aromatic carbocycles. The average Bonchev–Trinajstić information content (AvgIpc) is 3.12. The molecule has 0 aliphatic heterocycles. The van der Waals surface area contributed by atoms with Crippen LogP contribution in [0.3, 0.4) is 0 Å². The summed E-state index contributed by atoms with van der Waals surface area (Å²) in [5.74, 6) is -0.252. The number of Topliss-reactive ketones (excluding diaryl/α,β-unsaturated/α-hetero) is 1. The fraction of sp³-hybridized carbons (Fsp3) is 0.130. The van der Waals surface area contributed by atoms with E-state index in [1.54, 1.807) is 36.4 Å². The zero-order chi connectivity index (χ0) is 20.4. The van der Waals surface area contributed by atoms with E-state index in [0.717, 1.165) is 5.52 Å². The number of aromatic nitrogens is 3. The molecule has 6 heteroatoms. The van der Waals surface area contributed by atoms with E-state index >= 15 is 0 Å². The highest BCUT2D eigenvalue weighted by molar-refractivity contribution is 6.06. The van der Waals surface area contributed by atoms with Crippen LogP contribution in [0, 0.1) is 6.92 Å². The number of rotatable bonds is 5. The first-order valence-corrected chi connectivity index (χ1v) is 9.31. The molecular weight excluding hydrogens is 364 g/mol. The first-order valence-electron chi connectivity index (χ1n) is 9.31. The van der Waals surface area contributed by atoms with E-state index in [9.17, 15) is 9.59 Å². The first kappa shape index (κ1) is 18.6. The van der Waals surface area contributed by atoms with Crippen molar-refractivity contribution in [1.82, 2.24) is 15.0 Å². The van der Waals surface area contributed by atoms with Crippen LogP contribution in [0.4, 0.5) is 5.69 Å². The molecule has 0 atom stereocenters. The molecule has 144 valence electrons. The van der Waals surface area contributed by atoms with Crippen LogP contribution in [0.25, 0.3) is 11.0 Å². The smallest absolute Gasteiger partial charge is 0.255 e. The van der Waals surface area contributed by atoms with E-state index in [0.29, 0.717) is 28.9 Å². The molecule has 1 amide bonds. The zero-order valence-corrected chi connectivity index (χ0v) is 16.2. The van der Waals surface area contributed by atoms with E-state index in [1.165, 1.54) is 18.1 Å². The van der Waals surface area contributed by atoms with Gasteiger partial charge in [-0.1, -0.05) is 29.5 Å². The molecule has 0 radical (unpaired) electrons. The van der Waals surface area contributed by atoms with Crippen LogP contribution >= 0.6 is 0 Å². The lowest BCUT2D eigenvalue weighted by Gasteiger charge is -2.07. The monoisotopic (exact) mass is 384 g/mol. The summed E-state index contributed by atoms with van der Waals surface area (Å²) in [4.78, 5) is 23.9. The molecule has 0 saturated heterocycles. The van der Waals surface area contributed by atoms with Crippen molar-refractivity contribution in [3.63, 3.8) is 0 Å². The SMILES string of the molecule is CC(=O)c1ccc(NC(=O)c2ccc3c(c2)nnn3Cc2ccccc2C)cc1. The van der Waals surface area contributed by atoms with Gasteiger partial charge in [-0.2, -0.15) is 0 Å². The number of hydrogen-bond acceptors (Lipinski definition) is 4. The van der Waals surface area contributed by atoms with E-state index in [4.69, 9.17) is 0 Å². The molecule has 4 aromatic rings. The van der Waals surface area contributed by atoms with Crippen LogP contribution in [0.15, 0.2) is 66.7 Å². The van der Waals surface area contributed by atoms with Crippen molar-refractivity contribution in [2.45, 2.75) is 20.4 Å². The number of carbonyl (C=O) groups is 2. The molecule has 1 heterocycles. The second kappa shape index (κ2) is 7.67. The zero-order valence-electron chi connectivity index (χ0n) is 16.2. The Morgan fingerprint density at radius 2 is 1.69 bits per heavy atom. The number of hydrogen-bond donors (Lipinski definition) is 1. The summed E-state index contributed by atoms with van der Waals surface area (Å²) in [6.45, 7) is 4.20. The van der Waals surface area contributed by atoms with Gasteiger partial charge in [0.1, 0.15) is 5.52 Å². The van der Waals surface area contributed by atoms with Crippen LogP contribution in [0.5, 0.6) is 0 Å². The number of fused-ring (bicyclic) bond motifs is 1. The lowest BCUT2D eigenvalue weighted by atomic mass is 10.1. The molecule has 0 unspecified atom stereocenters. The molecule has 0 aliphatic rings. The Bertz CT molecular complexity index is 1210. The van der Waals surface area contributed by atoms with Gasteiger partial charge in [0.15, 0.2) is 5.78 Å². The summed E-state index contributed by atoms with van der Waals surface area (Å²) < 4.78 is 1.83. The second-order valence-electron chi connectivity index (χ2n) is 6.96. The molecule has 0 aliphatic carbocycles. The number of aryl methyl sites for hydroxylation is 1. The Balaban J connectivity index is 1.54. The van der Waals surface area contributed by atoms with Crippen molar-refractivity contribution in [3.8, 4) is 0 Å². The maximum atomic E-state index is 12.6. The Labute approximate surface area is 168 Å². The van der Waals surface area contributed by atoms with Crippen molar-refractivity contribution in [1.29, 1.82) is 0 Å². The Hall–Kier alpha value is -3.80. The van der Waals surface area contributed by atoms with Crippen molar-refractivity contribution in [2.24, 2.45) is 0 Å². The Morgan fingerprint density at radius 1 is 0.966 bits per heavy atom.